The van der Waals surface area contributed by atoms with Crippen LogP contribution in [0.25, 0.3) is 17.3 Å². The lowest BCUT2D eigenvalue weighted by Crippen LogP contribution is -2.31. The number of carbonyl (C=O) groups excluding carboxylic acids is 2. The maximum absolute atomic E-state index is 13.3. The lowest BCUT2D eigenvalue weighted by atomic mass is 9.95. The molecule has 0 radical (unpaired) electrons. The van der Waals surface area contributed by atoms with Gasteiger partial charge in [0.2, 0.25) is 5.91 Å². The van der Waals surface area contributed by atoms with Crippen molar-refractivity contribution in [2.45, 2.75) is 69.1 Å². The Bertz CT molecular complexity index is 3390. The molecule has 8 N–H and O–H groups in total. The van der Waals surface area contributed by atoms with Gasteiger partial charge in [0.15, 0.2) is 11.5 Å². The molecule has 2 amide bonds. The molecule has 0 unspecified atom stereocenters. The topological polar surface area (TPSA) is 290 Å². The molecule has 5 heterocycles. The van der Waals surface area contributed by atoms with Gasteiger partial charge < -0.3 is 5.32 Å². The van der Waals surface area contributed by atoms with E-state index >= 15 is 0 Å². The van der Waals surface area contributed by atoms with E-state index in [0.29, 0.717) is 29.6 Å². The number of nitrogen functional groups attached to an aromatic ring is 1. The second-order valence-electron chi connectivity index (χ2n) is 17.1. The predicted molar refractivity (Wildman–Crippen MR) is 263 cm³/mol. The Labute approximate surface area is 437 Å². The van der Waals surface area contributed by atoms with E-state index < -0.39 is 80.4 Å². The number of carbonyl (C=O) groups is 2. The SMILES string of the molecule is CC(C)(C)C(=O)Nc1ccn[nH]1.CC(C)(C)c1nnc(-c2ncc(Cl)cc2NS(=O)(=O)c2ccc(Cl)c(C(F)(F)F)c2)n1-c1ccn[nH]1.NNC(=O)c1ncc(Cl)cc1NS(=O)(=O)c1ccc(Cl)c(C(F)(F)F)c1. The van der Waals surface area contributed by atoms with E-state index in [1.54, 1.807) is 28.3 Å². The summed E-state index contributed by atoms with van der Waals surface area (Å²) in [5, 5.41) is 23.1. The molecule has 0 aliphatic rings. The number of anilines is 3. The molecule has 2 aromatic carbocycles. The molecule has 0 aliphatic heterocycles. The fraction of sp³-hybridized carbons (Fsp3) is 0.238. The van der Waals surface area contributed by atoms with Gasteiger partial charge in [0.1, 0.15) is 23.2 Å². The summed E-state index contributed by atoms with van der Waals surface area (Å²) in [7, 11) is -9.06. The number of pyridine rings is 2. The van der Waals surface area contributed by atoms with E-state index in [2.05, 4.69) is 50.6 Å². The number of nitrogens with one attached hydrogen (secondary N) is 6. The fourth-order valence-corrected chi connectivity index (χ4v) is 8.74. The minimum absolute atomic E-state index is 0.0215. The zero-order chi connectivity index (χ0) is 55.4. The number of aromatic nitrogens is 9. The van der Waals surface area contributed by atoms with Crippen LogP contribution in [0.3, 0.4) is 0 Å². The first kappa shape index (κ1) is 58.3. The third-order valence-corrected chi connectivity index (χ3v) is 13.2. The Balaban J connectivity index is 0.000000232. The zero-order valence-corrected chi connectivity index (χ0v) is 43.5. The molecule has 0 saturated carbocycles. The van der Waals surface area contributed by atoms with E-state index in [4.69, 9.17) is 52.2 Å². The molecule has 32 heteroatoms. The summed E-state index contributed by atoms with van der Waals surface area (Å²) in [5.41, 5.74) is -2.60. The first-order valence-electron chi connectivity index (χ1n) is 20.5. The van der Waals surface area contributed by atoms with Crippen LogP contribution in [-0.2, 0) is 42.6 Å². The van der Waals surface area contributed by atoms with Crippen LogP contribution in [0.15, 0.2) is 95.2 Å². The van der Waals surface area contributed by atoms with Gasteiger partial charge in [0.05, 0.1) is 64.8 Å². The molecule has 7 rings (SSSR count). The van der Waals surface area contributed by atoms with Gasteiger partial charge >= 0.3 is 12.4 Å². The number of sulfonamides is 2. The van der Waals surface area contributed by atoms with E-state index in [0.717, 1.165) is 36.5 Å². The van der Waals surface area contributed by atoms with Crippen LogP contribution >= 0.6 is 46.4 Å². The van der Waals surface area contributed by atoms with E-state index in [9.17, 15) is 52.8 Å². The van der Waals surface area contributed by atoms with E-state index in [1.165, 1.54) is 18.5 Å². The number of hydrogen-bond acceptors (Lipinski definition) is 13. The predicted octanol–water partition coefficient (Wildman–Crippen LogP) is 9.68. The van der Waals surface area contributed by atoms with Crippen molar-refractivity contribution in [1.82, 2.24) is 50.6 Å². The molecular formula is C42H40Cl4F6N14O6S2. The number of halogens is 10. The number of aromatic amines is 2. The number of benzene rings is 2. The summed E-state index contributed by atoms with van der Waals surface area (Å²) in [4.78, 5) is 29.5. The van der Waals surface area contributed by atoms with Gasteiger partial charge in [-0.25, -0.2) is 32.6 Å². The molecule has 396 valence electrons. The normalized spacial score (nSPS) is 12.2. The largest absolute Gasteiger partial charge is 0.417 e. The minimum atomic E-state index is -4.86. The third-order valence-electron chi connectivity index (χ3n) is 9.35. The molecule has 0 saturated heterocycles. The van der Waals surface area contributed by atoms with Crippen molar-refractivity contribution in [2.24, 2.45) is 11.3 Å². The van der Waals surface area contributed by atoms with Crippen molar-refractivity contribution in [2.75, 3.05) is 14.8 Å². The molecule has 20 nitrogen and oxygen atoms in total. The van der Waals surface area contributed by atoms with Gasteiger partial charge in [-0.05, 0) is 48.5 Å². The zero-order valence-electron chi connectivity index (χ0n) is 38.8. The second-order valence-corrected chi connectivity index (χ2v) is 22.2. The number of amides is 2. The lowest BCUT2D eigenvalue weighted by molar-refractivity contribution is -0.138. The smallest absolute Gasteiger partial charge is 0.311 e. The van der Waals surface area contributed by atoms with Crippen LogP contribution in [0.4, 0.5) is 43.5 Å². The van der Waals surface area contributed by atoms with Crippen molar-refractivity contribution in [3.63, 3.8) is 0 Å². The van der Waals surface area contributed by atoms with Gasteiger partial charge in [0.25, 0.3) is 26.0 Å². The number of nitrogens with zero attached hydrogens (tertiary/aromatic N) is 7. The standard InChI is InChI=1S/C21H18Cl2F3N7O2S.C13H9Cl2F3N4O3S.C8H13N3O/c1-20(2,3)19-31-30-18(33(19)16-6-7-28-29-16)17-15(8-11(22)10-27-17)32-36(34,35)12-4-5-14(23)13(9-12)21(24,25)26;14-6-3-10(11(20-5-6)12(23)21-19)22-26(24,25)7-1-2-9(15)8(4-7)13(16,17)18;1-8(2,3)7(12)10-6-4-5-9-11-6/h4-10,32H,1-3H3,(H,28,29);1-5,22H,19H2,(H,21,23);4-5H,1-3H3,(H2,9,10,11,12). The number of hydrogen-bond donors (Lipinski definition) is 7. The average molecular weight is 1160 g/mol. The summed E-state index contributed by atoms with van der Waals surface area (Å²) in [6.45, 7) is 11.3. The lowest BCUT2D eigenvalue weighted by Gasteiger charge is -2.19. The van der Waals surface area contributed by atoms with Gasteiger partial charge in [-0.3, -0.25) is 39.2 Å². The van der Waals surface area contributed by atoms with Crippen molar-refractivity contribution in [3.05, 3.63) is 128 Å². The first-order valence-corrected chi connectivity index (χ1v) is 25.0. The highest BCUT2D eigenvalue weighted by atomic mass is 35.5. The first-order chi connectivity index (χ1) is 34.1. The quantitative estimate of drug-likeness (QED) is 0.0291. The molecule has 0 spiro atoms. The Kier molecular flexibility index (Phi) is 17.7. The molecule has 0 bridgehead atoms. The molecule has 5 aromatic heterocycles. The maximum atomic E-state index is 13.3. The van der Waals surface area contributed by atoms with Gasteiger partial charge in [-0.15, -0.1) is 10.2 Å². The van der Waals surface area contributed by atoms with Gasteiger partial charge in [0, 0.05) is 35.4 Å². The highest BCUT2D eigenvalue weighted by molar-refractivity contribution is 7.93. The van der Waals surface area contributed by atoms with Crippen molar-refractivity contribution < 1.29 is 52.8 Å². The second kappa shape index (κ2) is 22.5. The van der Waals surface area contributed by atoms with Crippen molar-refractivity contribution >= 4 is 95.5 Å². The summed E-state index contributed by atoms with van der Waals surface area (Å²) in [6, 6.07) is 10.0. The monoisotopic (exact) mass is 1150 g/mol. The number of alkyl halides is 6. The number of H-pyrrole nitrogens is 2. The van der Waals surface area contributed by atoms with Crippen LogP contribution in [-0.4, -0.2) is 73.8 Å². The van der Waals surface area contributed by atoms with E-state index in [1.807, 2.05) is 46.3 Å². The van der Waals surface area contributed by atoms with Crippen molar-refractivity contribution in [3.8, 4) is 17.3 Å². The minimum Gasteiger partial charge on any atom is -0.311 e. The van der Waals surface area contributed by atoms with Crippen molar-refractivity contribution in [1.29, 1.82) is 0 Å². The average Bonchev–Trinajstić information content (AvgIpc) is 4.09. The molecular weight excluding hydrogens is 1120 g/mol. The molecule has 74 heavy (non-hydrogen) atoms. The summed E-state index contributed by atoms with van der Waals surface area (Å²) < 4.78 is 136. The summed E-state index contributed by atoms with van der Waals surface area (Å²) in [6.07, 6.45) is -4.25. The Morgan fingerprint density at radius 3 is 1.62 bits per heavy atom. The highest BCUT2D eigenvalue weighted by Gasteiger charge is 2.36. The summed E-state index contributed by atoms with van der Waals surface area (Å²) >= 11 is 22.9. The number of rotatable bonds is 10. The number of nitrogens with two attached hydrogens (primary N) is 1. The summed E-state index contributed by atoms with van der Waals surface area (Å²) in [5.74, 6) is 5.80. The maximum Gasteiger partial charge on any atom is 0.417 e. The van der Waals surface area contributed by atoms with Crippen LogP contribution in [0.2, 0.25) is 20.1 Å². The van der Waals surface area contributed by atoms with Gasteiger partial charge in [-0.1, -0.05) is 87.9 Å². The number of hydrazine groups is 1. The van der Waals surface area contributed by atoms with Crippen LogP contribution in [0.1, 0.15) is 69.0 Å². The molecule has 0 fully saturated rings. The highest BCUT2D eigenvalue weighted by Crippen LogP contribution is 2.39. The Morgan fingerprint density at radius 2 is 1.16 bits per heavy atom. The van der Waals surface area contributed by atoms with Crippen LogP contribution < -0.4 is 26.0 Å². The molecule has 7 aromatic rings. The molecule has 0 atom stereocenters. The molecule has 0 aliphatic carbocycles. The van der Waals surface area contributed by atoms with Crippen LogP contribution in [0, 0.1) is 5.41 Å². The van der Waals surface area contributed by atoms with Gasteiger partial charge in [-0.2, -0.15) is 36.5 Å². The third kappa shape index (κ3) is 14.6. The fourth-order valence-electron chi connectivity index (χ4n) is 5.81. The van der Waals surface area contributed by atoms with E-state index in [-0.39, 0.29) is 44.3 Å². The van der Waals surface area contributed by atoms with Crippen LogP contribution in [0.5, 0.6) is 0 Å². The Morgan fingerprint density at radius 1 is 0.662 bits per heavy atom. The Hall–Kier alpha value is -6.56.